The van der Waals surface area contributed by atoms with E-state index in [0.717, 1.165) is 17.0 Å². The minimum atomic E-state index is 0.771. The van der Waals surface area contributed by atoms with Gasteiger partial charge in [0, 0.05) is 17.6 Å². The Labute approximate surface area is 127 Å². The van der Waals surface area contributed by atoms with E-state index in [-0.39, 0.29) is 0 Å². The van der Waals surface area contributed by atoms with Crippen LogP contribution in [0.15, 0.2) is 30.3 Å². The number of nitrogens with zero attached hydrogens (tertiary/aromatic N) is 1. The second-order valence-electron chi connectivity index (χ2n) is 6.28. The molecule has 1 heterocycles. The van der Waals surface area contributed by atoms with Gasteiger partial charge in [-0.05, 0) is 62.3 Å². The third-order valence-corrected chi connectivity index (χ3v) is 4.78. The SMILES string of the molecule is Clc1ccc(/C=C/CC2CCCCN2CC2CC2)cc1. The molecule has 1 aliphatic carbocycles. The Kier molecular flexibility index (Phi) is 4.80. The van der Waals surface area contributed by atoms with Gasteiger partial charge >= 0.3 is 0 Å². The first kappa shape index (κ1) is 14.2. The summed E-state index contributed by atoms with van der Waals surface area (Å²) in [7, 11) is 0. The van der Waals surface area contributed by atoms with Crippen molar-refractivity contribution in [3.8, 4) is 0 Å². The number of benzene rings is 1. The van der Waals surface area contributed by atoms with E-state index in [1.807, 2.05) is 12.1 Å². The lowest BCUT2D eigenvalue weighted by atomic mass is 9.98. The minimum Gasteiger partial charge on any atom is -0.300 e. The molecule has 108 valence electrons. The second-order valence-corrected chi connectivity index (χ2v) is 6.71. The molecule has 0 spiro atoms. The predicted molar refractivity (Wildman–Crippen MR) is 87.0 cm³/mol. The molecule has 0 aromatic heterocycles. The molecule has 1 aromatic rings. The largest absolute Gasteiger partial charge is 0.300 e. The lowest BCUT2D eigenvalue weighted by Crippen LogP contribution is -2.40. The Morgan fingerprint density at radius 3 is 2.65 bits per heavy atom. The highest BCUT2D eigenvalue weighted by Gasteiger charge is 2.28. The van der Waals surface area contributed by atoms with Crippen molar-refractivity contribution in [3.63, 3.8) is 0 Å². The lowest BCUT2D eigenvalue weighted by Gasteiger charge is -2.35. The van der Waals surface area contributed by atoms with Crippen molar-refractivity contribution >= 4 is 17.7 Å². The fourth-order valence-electron chi connectivity index (χ4n) is 3.13. The van der Waals surface area contributed by atoms with E-state index in [4.69, 9.17) is 11.6 Å². The number of hydrogen-bond donors (Lipinski definition) is 0. The summed E-state index contributed by atoms with van der Waals surface area (Å²) in [5.41, 5.74) is 1.25. The van der Waals surface area contributed by atoms with Crippen LogP contribution in [-0.4, -0.2) is 24.0 Å². The second kappa shape index (κ2) is 6.78. The monoisotopic (exact) mass is 289 g/mol. The molecule has 0 radical (unpaired) electrons. The van der Waals surface area contributed by atoms with Crippen molar-refractivity contribution in [3.05, 3.63) is 40.9 Å². The number of piperidine rings is 1. The summed E-state index contributed by atoms with van der Waals surface area (Å²) in [6.07, 6.45) is 12.9. The van der Waals surface area contributed by atoms with Crippen molar-refractivity contribution in [2.24, 2.45) is 5.92 Å². The third kappa shape index (κ3) is 4.10. The van der Waals surface area contributed by atoms with Crippen molar-refractivity contribution < 1.29 is 0 Å². The molecule has 20 heavy (non-hydrogen) atoms. The topological polar surface area (TPSA) is 3.24 Å². The van der Waals surface area contributed by atoms with Gasteiger partial charge < -0.3 is 0 Å². The Balaban J connectivity index is 1.53. The standard InChI is InChI=1S/C18H24ClN/c19-17-11-9-15(10-12-17)4-3-6-18-5-1-2-13-20(18)14-16-7-8-16/h3-4,9-12,16,18H,1-2,5-8,13-14H2/b4-3+. The summed E-state index contributed by atoms with van der Waals surface area (Å²) in [5.74, 6) is 1.01. The number of rotatable bonds is 5. The molecule has 0 N–H and O–H groups in total. The van der Waals surface area contributed by atoms with E-state index in [1.54, 1.807) is 0 Å². The average molecular weight is 290 g/mol. The van der Waals surface area contributed by atoms with Crippen LogP contribution in [0.5, 0.6) is 0 Å². The van der Waals surface area contributed by atoms with Gasteiger partial charge in [0.05, 0.1) is 0 Å². The van der Waals surface area contributed by atoms with E-state index in [9.17, 15) is 0 Å². The zero-order valence-corrected chi connectivity index (χ0v) is 12.9. The maximum absolute atomic E-state index is 5.91. The molecule has 2 heteroatoms. The van der Waals surface area contributed by atoms with Gasteiger partial charge in [-0.1, -0.05) is 42.3 Å². The maximum Gasteiger partial charge on any atom is 0.0406 e. The Bertz CT molecular complexity index is 447. The molecule has 2 aliphatic rings. The fourth-order valence-corrected chi connectivity index (χ4v) is 3.26. The van der Waals surface area contributed by atoms with Gasteiger partial charge in [-0.15, -0.1) is 0 Å². The zero-order valence-electron chi connectivity index (χ0n) is 12.1. The van der Waals surface area contributed by atoms with Crippen LogP contribution in [0.25, 0.3) is 6.08 Å². The van der Waals surface area contributed by atoms with Gasteiger partial charge in [-0.25, -0.2) is 0 Å². The molecule has 1 aromatic carbocycles. The van der Waals surface area contributed by atoms with Gasteiger partial charge in [-0.2, -0.15) is 0 Å². The molecule has 3 rings (SSSR count). The summed E-state index contributed by atoms with van der Waals surface area (Å²) >= 11 is 5.91. The van der Waals surface area contributed by atoms with Crippen LogP contribution in [0.4, 0.5) is 0 Å². The van der Waals surface area contributed by atoms with Gasteiger partial charge in [0.1, 0.15) is 0 Å². The van der Waals surface area contributed by atoms with Crippen molar-refractivity contribution in [2.75, 3.05) is 13.1 Å². The van der Waals surface area contributed by atoms with Gasteiger partial charge in [-0.3, -0.25) is 4.90 Å². The van der Waals surface area contributed by atoms with E-state index in [0.29, 0.717) is 0 Å². The molecular weight excluding hydrogens is 266 g/mol. The highest BCUT2D eigenvalue weighted by atomic mass is 35.5. The van der Waals surface area contributed by atoms with E-state index in [1.165, 1.54) is 57.2 Å². The molecule has 1 saturated heterocycles. The molecule has 0 bridgehead atoms. The maximum atomic E-state index is 5.91. The normalized spacial score (nSPS) is 24.4. The van der Waals surface area contributed by atoms with Gasteiger partial charge in [0.25, 0.3) is 0 Å². The summed E-state index contributed by atoms with van der Waals surface area (Å²) in [6.45, 7) is 2.66. The number of hydrogen-bond acceptors (Lipinski definition) is 1. The smallest absolute Gasteiger partial charge is 0.0406 e. The fraction of sp³-hybridized carbons (Fsp3) is 0.556. The van der Waals surface area contributed by atoms with Crippen LogP contribution >= 0.6 is 11.6 Å². The summed E-state index contributed by atoms with van der Waals surface area (Å²) in [6, 6.07) is 8.86. The molecule has 1 nitrogen and oxygen atoms in total. The van der Waals surface area contributed by atoms with Crippen LogP contribution in [0, 0.1) is 5.92 Å². The molecule has 1 atom stereocenters. The number of halogens is 1. The zero-order chi connectivity index (χ0) is 13.8. The Morgan fingerprint density at radius 2 is 1.90 bits per heavy atom. The van der Waals surface area contributed by atoms with E-state index < -0.39 is 0 Å². The quantitative estimate of drug-likeness (QED) is 0.737. The van der Waals surface area contributed by atoms with Crippen LogP contribution in [0.3, 0.4) is 0 Å². The van der Waals surface area contributed by atoms with Crippen LogP contribution in [0.1, 0.15) is 44.1 Å². The summed E-state index contributed by atoms with van der Waals surface area (Å²) < 4.78 is 0. The Morgan fingerprint density at radius 1 is 1.10 bits per heavy atom. The first-order valence-corrected chi connectivity index (χ1v) is 8.35. The third-order valence-electron chi connectivity index (χ3n) is 4.53. The average Bonchev–Trinajstić information content (AvgIpc) is 3.27. The van der Waals surface area contributed by atoms with Crippen LogP contribution in [-0.2, 0) is 0 Å². The highest BCUT2D eigenvalue weighted by Crippen LogP contribution is 2.32. The molecule has 1 saturated carbocycles. The lowest BCUT2D eigenvalue weighted by molar-refractivity contribution is 0.143. The number of likely N-dealkylation sites (tertiary alicyclic amines) is 1. The minimum absolute atomic E-state index is 0.771. The van der Waals surface area contributed by atoms with Crippen molar-refractivity contribution in [1.29, 1.82) is 0 Å². The molecule has 1 unspecified atom stereocenters. The van der Waals surface area contributed by atoms with Crippen molar-refractivity contribution in [1.82, 2.24) is 4.90 Å². The summed E-state index contributed by atoms with van der Waals surface area (Å²) in [5, 5.41) is 0.810. The highest BCUT2D eigenvalue weighted by molar-refractivity contribution is 6.30. The Hall–Kier alpha value is -0.790. The predicted octanol–water partition coefficient (Wildman–Crippen LogP) is 5.01. The molecule has 2 fully saturated rings. The molecule has 0 amide bonds. The van der Waals surface area contributed by atoms with Crippen LogP contribution < -0.4 is 0 Å². The van der Waals surface area contributed by atoms with E-state index in [2.05, 4.69) is 29.2 Å². The van der Waals surface area contributed by atoms with Crippen LogP contribution in [0.2, 0.25) is 5.02 Å². The first-order valence-electron chi connectivity index (χ1n) is 7.97. The molecule has 1 aliphatic heterocycles. The first-order chi connectivity index (χ1) is 9.81. The van der Waals surface area contributed by atoms with Gasteiger partial charge in [0.15, 0.2) is 0 Å². The van der Waals surface area contributed by atoms with E-state index >= 15 is 0 Å². The van der Waals surface area contributed by atoms with Gasteiger partial charge in [0.2, 0.25) is 0 Å². The van der Waals surface area contributed by atoms with Crippen molar-refractivity contribution in [2.45, 2.75) is 44.6 Å². The molecular formula is C18H24ClN. The summed E-state index contributed by atoms with van der Waals surface area (Å²) in [4.78, 5) is 2.74.